The van der Waals surface area contributed by atoms with E-state index in [0.717, 1.165) is 18.7 Å². The Kier molecular flexibility index (Phi) is 8.99. The molecule has 0 saturated carbocycles. The van der Waals surface area contributed by atoms with E-state index in [1.54, 1.807) is 4.90 Å². The molecule has 2 rings (SSSR count). The van der Waals surface area contributed by atoms with E-state index in [4.69, 9.17) is 5.26 Å². The first-order chi connectivity index (χ1) is 13.2. The first kappa shape index (κ1) is 20.6. The standard InChI is InChI=1S/C22H30N4O/c1-2-3-4-9-15-24-20-12-7-5-10-19(11-6-8-13-20)22(27)25-21-14-16-26(17-21)18-23/h5-8,10-13,21,24H,2-4,9,14-17H2,1H3,(H,25,27)/t21-/m1/s1. The van der Waals surface area contributed by atoms with Crippen LogP contribution in [0.4, 0.5) is 5.69 Å². The molecule has 0 aliphatic carbocycles. The summed E-state index contributed by atoms with van der Waals surface area (Å²) in [6.07, 6.45) is 7.89. The topological polar surface area (TPSA) is 68.2 Å². The Morgan fingerprint density at radius 1 is 1.15 bits per heavy atom. The fourth-order valence-electron chi connectivity index (χ4n) is 3.04. The zero-order valence-corrected chi connectivity index (χ0v) is 16.2. The van der Waals surface area contributed by atoms with Crippen LogP contribution in [0.3, 0.4) is 0 Å². The normalized spacial score (nSPS) is 15.6. The molecule has 0 bridgehead atoms. The highest BCUT2D eigenvalue weighted by Crippen LogP contribution is 2.09. The predicted octanol–water partition coefficient (Wildman–Crippen LogP) is 4.09. The van der Waals surface area contributed by atoms with Crippen molar-refractivity contribution in [1.82, 2.24) is 10.2 Å². The van der Waals surface area contributed by atoms with Crippen LogP contribution in [0.25, 0.3) is 0 Å². The fourth-order valence-corrected chi connectivity index (χ4v) is 3.04. The molecule has 1 aliphatic heterocycles. The van der Waals surface area contributed by atoms with Gasteiger partial charge in [-0.05, 0) is 37.1 Å². The molecule has 0 radical (unpaired) electrons. The average Bonchev–Trinajstić information content (AvgIpc) is 3.13. The number of rotatable bonds is 8. The van der Waals surface area contributed by atoms with Crippen molar-refractivity contribution in [3.8, 4) is 6.19 Å². The molecule has 1 aliphatic rings. The lowest BCUT2D eigenvalue weighted by molar-refractivity contribution is 0.0939. The molecule has 5 heteroatoms. The first-order valence-electron chi connectivity index (χ1n) is 9.85. The highest BCUT2D eigenvalue weighted by atomic mass is 16.1. The molecular formula is C22H30N4O. The zero-order chi connectivity index (χ0) is 19.3. The number of amides is 1. The van der Waals surface area contributed by atoms with Gasteiger partial charge in [0.2, 0.25) is 0 Å². The Bertz CT molecular complexity index is 669. The minimum atomic E-state index is -0.104. The van der Waals surface area contributed by atoms with Crippen molar-refractivity contribution in [3.63, 3.8) is 0 Å². The summed E-state index contributed by atoms with van der Waals surface area (Å²) in [7, 11) is 0. The maximum absolute atomic E-state index is 12.5. The maximum atomic E-state index is 12.5. The van der Waals surface area contributed by atoms with Gasteiger partial charge in [-0.1, -0.05) is 50.5 Å². The molecule has 2 N–H and O–H groups in total. The molecule has 1 aromatic carbocycles. The summed E-state index contributed by atoms with van der Waals surface area (Å²) >= 11 is 0. The summed E-state index contributed by atoms with van der Waals surface area (Å²) in [5, 5.41) is 15.4. The highest BCUT2D eigenvalue weighted by molar-refractivity contribution is 5.94. The number of nitrogens with one attached hydrogen (secondary N) is 2. The molecule has 1 amide bonds. The molecule has 1 atom stereocenters. The molecule has 27 heavy (non-hydrogen) atoms. The smallest absolute Gasteiger partial charge is 0.251 e. The molecule has 0 aromatic heterocycles. The summed E-state index contributed by atoms with van der Waals surface area (Å²) in [6.45, 7) is 4.48. The summed E-state index contributed by atoms with van der Waals surface area (Å²) in [6, 6.07) is 15.4. The Balaban J connectivity index is 1.94. The Labute approximate surface area is 162 Å². The van der Waals surface area contributed by atoms with Gasteiger partial charge in [-0.2, -0.15) is 5.26 Å². The van der Waals surface area contributed by atoms with Gasteiger partial charge in [0.1, 0.15) is 0 Å². The second-order valence-electron chi connectivity index (χ2n) is 6.84. The highest BCUT2D eigenvalue weighted by Gasteiger charge is 2.23. The lowest BCUT2D eigenvalue weighted by Crippen LogP contribution is -2.36. The quantitative estimate of drug-likeness (QED) is 0.537. The number of nitriles is 1. The Morgan fingerprint density at radius 2 is 1.85 bits per heavy atom. The van der Waals surface area contributed by atoms with Crippen molar-refractivity contribution in [3.05, 3.63) is 54.1 Å². The molecule has 1 fully saturated rings. The number of carbonyl (C=O) groups is 1. The van der Waals surface area contributed by atoms with Crippen LogP contribution < -0.4 is 10.6 Å². The first-order valence-corrected chi connectivity index (χ1v) is 9.85. The molecule has 5 nitrogen and oxygen atoms in total. The molecular weight excluding hydrogens is 336 g/mol. The molecule has 1 heterocycles. The van der Waals surface area contributed by atoms with Gasteiger partial charge >= 0.3 is 0 Å². The van der Waals surface area contributed by atoms with Crippen LogP contribution in [0.15, 0.2) is 48.5 Å². The van der Waals surface area contributed by atoms with E-state index < -0.39 is 0 Å². The molecule has 144 valence electrons. The molecule has 1 saturated heterocycles. The van der Waals surface area contributed by atoms with Gasteiger partial charge in [-0.25, -0.2) is 0 Å². The van der Waals surface area contributed by atoms with Crippen molar-refractivity contribution in [2.24, 2.45) is 0 Å². The van der Waals surface area contributed by atoms with Crippen molar-refractivity contribution in [1.29, 1.82) is 5.26 Å². The summed E-state index contributed by atoms with van der Waals surface area (Å²) in [5.74, 6) is -0.104. The van der Waals surface area contributed by atoms with Gasteiger partial charge in [0.25, 0.3) is 5.91 Å². The molecule has 0 spiro atoms. The minimum Gasteiger partial charge on any atom is -0.385 e. The summed E-state index contributed by atoms with van der Waals surface area (Å²) in [5.41, 5.74) is 1.67. The van der Waals surface area contributed by atoms with Gasteiger partial charge in [-0.15, -0.1) is 0 Å². The van der Waals surface area contributed by atoms with Gasteiger partial charge in [0, 0.05) is 36.9 Å². The van der Waals surface area contributed by atoms with Crippen molar-refractivity contribution in [2.75, 3.05) is 25.0 Å². The number of likely N-dealkylation sites (tertiary alicyclic amines) is 1. The van der Waals surface area contributed by atoms with Crippen LogP contribution in [-0.4, -0.2) is 36.5 Å². The van der Waals surface area contributed by atoms with E-state index in [-0.39, 0.29) is 11.9 Å². The minimum absolute atomic E-state index is 0.0322. The van der Waals surface area contributed by atoms with E-state index in [9.17, 15) is 4.79 Å². The largest absolute Gasteiger partial charge is 0.385 e. The Hall–Kier alpha value is -2.74. The fraction of sp³-hybridized carbons (Fsp3) is 0.455. The number of hydrogen-bond donors (Lipinski definition) is 2. The number of hydrogen-bond acceptors (Lipinski definition) is 4. The van der Waals surface area contributed by atoms with Gasteiger partial charge in [0.15, 0.2) is 6.19 Å². The maximum Gasteiger partial charge on any atom is 0.251 e. The Morgan fingerprint density at radius 3 is 2.48 bits per heavy atom. The van der Waals surface area contributed by atoms with E-state index in [1.807, 2.05) is 48.5 Å². The van der Waals surface area contributed by atoms with E-state index in [2.05, 4.69) is 23.8 Å². The third kappa shape index (κ3) is 7.57. The SMILES string of the molecule is CCCCCCNc1ccccc(C(=O)N[C@@H]2CCN(C#N)C2)cccc1. The van der Waals surface area contributed by atoms with Gasteiger partial charge in [0.05, 0.1) is 0 Å². The van der Waals surface area contributed by atoms with Crippen LogP contribution in [0.2, 0.25) is 0 Å². The second kappa shape index (κ2) is 11.8. The van der Waals surface area contributed by atoms with Crippen molar-refractivity contribution < 1.29 is 4.79 Å². The third-order valence-electron chi connectivity index (χ3n) is 4.61. The lowest BCUT2D eigenvalue weighted by Gasteiger charge is -2.11. The molecule has 1 aromatic rings. The van der Waals surface area contributed by atoms with Gasteiger partial charge in [-0.3, -0.25) is 4.79 Å². The van der Waals surface area contributed by atoms with Crippen molar-refractivity contribution >= 4 is 11.6 Å². The zero-order valence-electron chi connectivity index (χ0n) is 16.2. The number of unbranched alkanes of at least 4 members (excludes halogenated alkanes) is 3. The second-order valence-corrected chi connectivity index (χ2v) is 6.84. The average molecular weight is 367 g/mol. The van der Waals surface area contributed by atoms with Crippen LogP contribution in [0, 0.1) is 11.5 Å². The third-order valence-corrected chi connectivity index (χ3v) is 4.61. The van der Waals surface area contributed by atoms with E-state index >= 15 is 0 Å². The van der Waals surface area contributed by atoms with Gasteiger partial charge < -0.3 is 15.5 Å². The lowest BCUT2D eigenvalue weighted by atomic mass is 10.2. The molecule has 0 unspecified atom stereocenters. The van der Waals surface area contributed by atoms with Crippen LogP contribution >= 0.6 is 0 Å². The van der Waals surface area contributed by atoms with E-state index in [0.29, 0.717) is 18.7 Å². The summed E-state index contributed by atoms with van der Waals surface area (Å²) in [4.78, 5) is 14.2. The van der Waals surface area contributed by atoms with Crippen LogP contribution in [0.5, 0.6) is 0 Å². The van der Waals surface area contributed by atoms with Crippen LogP contribution in [-0.2, 0) is 0 Å². The number of nitrogens with zero attached hydrogens (tertiary/aromatic N) is 2. The monoisotopic (exact) mass is 366 g/mol. The number of carbonyl (C=O) groups excluding carboxylic acids is 1. The predicted molar refractivity (Wildman–Crippen MR) is 110 cm³/mol. The summed E-state index contributed by atoms with van der Waals surface area (Å²) < 4.78 is 0. The van der Waals surface area contributed by atoms with Crippen LogP contribution in [0.1, 0.15) is 49.4 Å². The number of anilines is 1. The van der Waals surface area contributed by atoms with Crippen molar-refractivity contribution in [2.45, 2.75) is 45.1 Å². The van der Waals surface area contributed by atoms with E-state index in [1.165, 1.54) is 25.7 Å².